The molecule has 138 valence electrons. The molecule has 1 atom stereocenters. The third kappa shape index (κ3) is 5.63. The van der Waals surface area contributed by atoms with Gasteiger partial charge in [-0.15, -0.1) is 0 Å². The van der Waals surface area contributed by atoms with Gasteiger partial charge in [0.25, 0.3) is 0 Å². The largest absolute Gasteiger partial charge is 0.444 e. The molecule has 1 N–H and O–H groups in total. The van der Waals surface area contributed by atoms with Gasteiger partial charge >= 0.3 is 6.09 Å². The van der Waals surface area contributed by atoms with Crippen LogP contribution in [0.15, 0.2) is 0 Å². The highest BCUT2D eigenvalue weighted by atomic mass is 16.7. The maximum Gasteiger partial charge on any atom is 0.410 e. The number of rotatable bonds is 3. The second kappa shape index (κ2) is 7.27. The van der Waals surface area contributed by atoms with E-state index >= 15 is 0 Å². The molecule has 0 unspecified atom stereocenters. The molecule has 0 aromatic carbocycles. The molecule has 7 heteroatoms. The van der Waals surface area contributed by atoms with E-state index in [4.69, 9.17) is 14.2 Å². The summed E-state index contributed by atoms with van der Waals surface area (Å²) < 4.78 is 16.5. The van der Waals surface area contributed by atoms with Crippen LogP contribution in [0.25, 0.3) is 0 Å². The number of piperidine rings is 1. The monoisotopic (exact) mass is 342 g/mol. The molecule has 2 rings (SSSR count). The molecule has 2 amide bonds. The Morgan fingerprint density at radius 3 is 2.38 bits per heavy atom. The van der Waals surface area contributed by atoms with Crippen LogP contribution in [0.4, 0.5) is 4.79 Å². The van der Waals surface area contributed by atoms with E-state index in [2.05, 4.69) is 5.32 Å². The molecule has 2 fully saturated rings. The topological polar surface area (TPSA) is 77.1 Å². The van der Waals surface area contributed by atoms with Crippen LogP contribution in [0.3, 0.4) is 0 Å². The van der Waals surface area contributed by atoms with Crippen molar-refractivity contribution in [3.63, 3.8) is 0 Å². The summed E-state index contributed by atoms with van der Waals surface area (Å²) in [5, 5.41) is 2.94. The van der Waals surface area contributed by atoms with Gasteiger partial charge in [0.1, 0.15) is 11.7 Å². The van der Waals surface area contributed by atoms with Crippen molar-refractivity contribution < 1.29 is 23.8 Å². The average molecular weight is 342 g/mol. The predicted molar refractivity (Wildman–Crippen MR) is 88.4 cm³/mol. The van der Waals surface area contributed by atoms with Crippen LogP contribution in [0.1, 0.15) is 47.5 Å². The van der Waals surface area contributed by atoms with Gasteiger partial charge in [0.05, 0.1) is 6.61 Å². The fourth-order valence-electron chi connectivity index (χ4n) is 2.87. The fraction of sp³-hybridized carbons (Fsp3) is 0.882. The molecular formula is C17H30N2O5. The molecule has 2 saturated heterocycles. The van der Waals surface area contributed by atoms with E-state index in [1.807, 2.05) is 34.6 Å². The van der Waals surface area contributed by atoms with Gasteiger partial charge in [0.2, 0.25) is 5.91 Å². The first kappa shape index (κ1) is 19.0. The lowest BCUT2D eigenvalue weighted by atomic mass is 9.96. The Kier molecular flexibility index (Phi) is 5.75. The third-order valence-electron chi connectivity index (χ3n) is 4.09. The number of carbonyl (C=O) groups excluding carboxylic acids is 2. The Labute approximate surface area is 144 Å². The molecule has 2 heterocycles. The van der Waals surface area contributed by atoms with Gasteiger partial charge in [-0.2, -0.15) is 0 Å². The van der Waals surface area contributed by atoms with Crippen LogP contribution >= 0.6 is 0 Å². The van der Waals surface area contributed by atoms with Crippen molar-refractivity contribution in [2.45, 2.75) is 65.0 Å². The van der Waals surface area contributed by atoms with Crippen LogP contribution < -0.4 is 5.32 Å². The summed E-state index contributed by atoms with van der Waals surface area (Å²) in [6, 6.07) is 0. The van der Waals surface area contributed by atoms with E-state index < -0.39 is 11.4 Å². The number of amides is 2. The minimum absolute atomic E-state index is 0.0205. The summed E-state index contributed by atoms with van der Waals surface area (Å²) in [7, 11) is 0. The second-order valence-electron chi connectivity index (χ2n) is 7.94. The van der Waals surface area contributed by atoms with Crippen molar-refractivity contribution in [1.82, 2.24) is 10.2 Å². The maximum absolute atomic E-state index is 12.3. The molecule has 24 heavy (non-hydrogen) atoms. The van der Waals surface area contributed by atoms with Gasteiger partial charge in [-0.25, -0.2) is 4.79 Å². The molecule has 0 aliphatic carbocycles. The van der Waals surface area contributed by atoms with Crippen molar-refractivity contribution in [2.24, 2.45) is 5.92 Å². The molecule has 0 bridgehead atoms. The molecule has 0 aromatic rings. The van der Waals surface area contributed by atoms with Crippen molar-refractivity contribution in [2.75, 3.05) is 26.2 Å². The van der Waals surface area contributed by atoms with Crippen LogP contribution in [0.2, 0.25) is 0 Å². The van der Waals surface area contributed by atoms with E-state index in [0.717, 1.165) is 0 Å². The highest BCUT2D eigenvalue weighted by molar-refractivity contribution is 5.79. The quantitative estimate of drug-likeness (QED) is 0.848. The minimum atomic E-state index is -0.575. The Morgan fingerprint density at radius 1 is 1.25 bits per heavy atom. The SMILES string of the molecule is CC(C)(C)OC(=O)N1CCC(C(=O)NC[C@@H]2COC(C)(C)O2)CC1. The van der Waals surface area contributed by atoms with E-state index in [0.29, 0.717) is 39.1 Å². The van der Waals surface area contributed by atoms with Crippen LogP contribution in [0.5, 0.6) is 0 Å². The normalized spacial score (nSPS) is 24.7. The zero-order valence-electron chi connectivity index (χ0n) is 15.4. The van der Waals surface area contributed by atoms with Gasteiger partial charge in [0, 0.05) is 25.6 Å². The number of hydrogen-bond donors (Lipinski definition) is 1. The highest BCUT2D eigenvalue weighted by Crippen LogP contribution is 2.23. The predicted octanol–water partition coefficient (Wildman–Crippen LogP) is 1.90. The maximum atomic E-state index is 12.3. The van der Waals surface area contributed by atoms with Crippen molar-refractivity contribution in [3.05, 3.63) is 0 Å². The van der Waals surface area contributed by atoms with Crippen LogP contribution in [-0.2, 0) is 19.0 Å². The van der Waals surface area contributed by atoms with E-state index in [-0.39, 0.29) is 24.0 Å². The minimum Gasteiger partial charge on any atom is -0.444 e. The van der Waals surface area contributed by atoms with E-state index in [1.54, 1.807) is 4.90 Å². The van der Waals surface area contributed by atoms with Crippen LogP contribution in [-0.4, -0.2) is 60.6 Å². The summed E-state index contributed by atoms with van der Waals surface area (Å²) in [6.45, 7) is 11.3. The summed E-state index contributed by atoms with van der Waals surface area (Å²) in [5.74, 6) is -0.625. The smallest absolute Gasteiger partial charge is 0.410 e. The molecule has 0 spiro atoms. The lowest BCUT2D eigenvalue weighted by Crippen LogP contribution is -2.46. The first-order chi connectivity index (χ1) is 11.1. The Bertz CT molecular complexity index is 464. The molecule has 0 saturated carbocycles. The van der Waals surface area contributed by atoms with Crippen molar-refractivity contribution in [1.29, 1.82) is 0 Å². The second-order valence-corrected chi connectivity index (χ2v) is 7.94. The number of likely N-dealkylation sites (tertiary alicyclic amines) is 1. The fourth-order valence-corrected chi connectivity index (χ4v) is 2.87. The van der Waals surface area contributed by atoms with E-state index in [1.165, 1.54) is 0 Å². The molecule has 0 radical (unpaired) electrons. The van der Waals surface area contributed by atoms with Crippen molar-refractivity contribution in [3.8, 4) is 0 Å². The highest BCUT2D eigenvalue weighted by Gasteiger charge is 2.34. The number of nitrogens with one attached hydrogen (secondary N) is 1. The zero-order valence-corrected chi connectivity index (χ0v) is 15.4. The number of nitrogens with zero attached hydrogens (tertiary/aromatic N) is 1. The molecule has 7 nitrogen and oxygen atoms in total. The third-order valence-corrected chi connectivity index (χ3v) is 4.09. The number of hydrogen-bond acceptors (Lipinski definition) is 5. The molecule has 2 aliphatic rings. The number of carbonyl (C=O) groups is 2. The Balaban J connectivity index is 1.70. The van der Waals surface area contributed by atoms with Gasteiger partial charge in [0.15, 0.2) is 5.79 Å². The Hall–Kier alpha value is -1.34. The summed E-state index contributed by atoms with van der Waals surface area (Å²) >= 11 is 0. The first-order valence-corrected chi connectivity index (χ1v) is 8.63. The standard InChI is InChI=1S/C17H30N2O5/c1-16(2,3)24-15(21)19-8-6-12(7-9-19)14(20)18-10-13-11-22-17(4,5)23-13/h12-13H,6-11H2,1-5H3,(H,18,20)/t13-/m1/s1. The summed E-state index contributed by atoms with van der Waals surface area (Å²) in [5.41, 5.74) is -0.498. The molecule has 0 aromatic heterocycles. The number of ether oxygens (including phenoxy) is 3. The van der Waals surface area contributed by atoms with Gasteiger partial charge in [-0.3, -0.25) is 4.79 Å². The molecular weight excluding hydrogens is 312 g/mol. The van der Waals surface area contributed by atoms with Crippen LogP contribution in [0, 0.1) is 5.92 Å². The van der Waals surface area contributed by atoms with Gasteiger partial charge in [-0.05, 0) is 47.5 Å². The van der Waals surface area contributed by atoms with Crippen molar-refractivity contribution >= 4 is 12.0 Å². The Morgan fingerprint density at radius 2 is 1.88 bits per heavy atom. The van der Waals surface area contributed by atoms with Gasteiger partial charge < -0.3 is 24.4 Å². The average Bonchev–Trinajstić information content (AvgIpc) is 2.82. The zero-order chi connectivity index (χ0) is 18.0. The van der Waals surface area contributed by atoms with Gasteiger partial charge in [-0.1, -0.05) is 0 Å². The van der Waals surface area contributed by atoms with E-state index in [9.17, 15) is 9.59 Å². The summed E-state index contributed by atoms with van der Waals surface area (Å²) in [6.07, 6.45) is 0.892. The molecule has 2 aliphatic heterocycles. The summed E-state index contributed by atoms with van der Waals surface area (Å²) in [4.78, 5) is 26.0. The lowest BCUT2D eigenvalue weighted by molar-refractivity contribution is -0.140. The lowest BCUT2D eigenvalue weighted by Gasteiger charge is -2.33. The first-order valence-electron chi connectivity index (χ1n) is 8.63.